The summed E-state index contributed by atoms with van der Waals surface area (Å²) in [6.07, 6.45) is 1.42. The van der Waals surface area contributed by atoms with Crippen LogP contribution in [0.4, 0.5) is 0 Å². The quantitative estimate of drug-likeness (QED) is 0.314. The van der Waals surface area contributed by atoms with Gasteiger partial charge in [-0.3, -0.25) is 0 Å². The summed E-state index contributed by atoms with van der Waals surface area (Å²) in [5, 5.41) is 8.19. The molecule has 0 aromatic heterocycles. The molecule has 0 aliphatic carbocycles. The van der Waals surface area contributed by atoms with Crippen molar-refractivity contribution in [1.82, 2.24) is 0 Å². The summed E-state index contributed by atoms with van der Waals surface area (Å²) in [4.78, 5) is 31.7. The van der Waals surface area contributed by atoms with Crippen molar-refractivity contribution in [3.05, 3.63) is 24.3 Å². The fraction of sp³-hybridized carbons (Fsp3) is 0.300. The van der Waals surface area contributed by atoms with Crippen LogP contribution in [-0.2, 0) is 23.9 Å². The Morgan fingerprint density at radius 2 is 1.76 bits per heavy atom. The summed E-state index contributed by atoms with van der Waals surface area (Å²) in [6.45, 7) is 4.61. The van der Waals surface area contributed by atoms with Gasteiger partial charge in [0.25, 0.3) is 0 Å². The Hall–Kier alpha value is -1.34. The number of rotatable bonds is 6. The number of carboxylic acids is 1. The Morgan fingerprint density at radius 3 is 2.24 bits per heavy atom. The molecule has 0 bridgehead atoms. The number of esters is 2. The largest absolute Gasteiger partial charge is 2.00 e. The standard InChI is InChI=1S/C10H12O6.Mg.2H/c1-7(2)10(14)16-6-5-15-9(13)4-3-8(11)12;;;/h3-4H,1,5-6H2,2H3,(H,11,12);;;/q;+2;2*-1/b4-3-;;;. The second-order valence-corrected chi connectivity index (χ2v) is 2.76. The van der Waals surface area contributed by atoms with Gasteiger partial charge in [0.2, 0.25) is 0 Å². The maximum atomic E-state index is 10.8. The van der Waals surface area contributed by atoms with Gasteiger partial charge in [-0.05, 0) is 6.92 Å². The van der Waals surface area contributed by atoms with E-state index in [1.807, 2.05) is 0 Å². The normalized spacial score (nSPS) is 9.24. The van der Waals surface area contributed by atoms with Crippen LogP contribution in [0.1, 0.15) is 9.78 Å². The molecule has 1 N–H and O–H groups in total. The van der Waals surface area contributed by atoms with Crippen LogP contribution in [0.15, 0.2) is 24.3 Å². The SMILES string of the molecule is C=C(C)C(=O)OCCOC(=O)/C=C\C(=O)O.[H-].[H-].[Mg+2]. The second-order valence-electron chi connectivity index (χ2n) is 2.76. The number of ether oxygens (including phenoxy) is 2. The van der Waals surface area contributed by atoms with Crippen molar-refractivity contribution in [1.29, 1.82) is 0 Å². The number of carboxylic acid groups (broad SMARTS) is 1. The molecule has 0 heterocycles. The van der Waals surface area contributed by atoms with Gasteiger partial charge < -0.3 is 17.4 Å². The molecule has 0 amide bonds. The minimum atomic E-state index is -1.24. The van der Waals surface area contributed by atoms with E-state index in [1.165, 1.54) is 6.92 Å². The van der Waals surface area contributed by atoms with E-state index in [9.17, 15) is 14.4 Å². The van der Waals surface area contributed by atoms with Crippen LogP contribution < -0.4 is 0 Å². The molecule has 0 rings (SSSR count). The predicted octanol–water partition coefficient (Wildman–Crippen LogP) is 0.134. The van der Waals surface area contributed by atoms with E-state index in [2.05, 4.69) is 16.1 Å². The van der Waals surface area contributed by atoms with Crippen LogP contribution in [-0.4, -0.2) is 59.3 Å². The Morgan fingerprint density at radius 1 is 1.24 bits per heavy atom. The van der Waals surface area contributed by atoms with E-state index >= 15 is 0 Å². The molecular weight excluding hydrogens is 240 g/mol. The van der Waals surface area contributed by atoms with Crippen LogP contribution in [0.5, 0.6) is 0 Å². The van der Waals surface area contributed by atoms with Gasteiger partial charge in [-0.1, -0.05) is 6.58 Å². The summed E-state index contributed by atoms with van der Waals surface area (Å²) < 4.78 is 9.15. The van der Waals surface area contributed by atoms with Gasteiger partial charge in [0, 0.05) is 17.7 Å². The van der Waals surface area contributed by atoms with Crippen LogP contribution in [0.25, 0.3) is 0 Å². The van der Waals surface area contributed by atoms with Crippen molar-refractivity contribution in [2.24, 2.45) is 0 Å². The fourth-order valence-electron chi connectivity index (χ4n) is 0.587. The third-order valence-electron chi connectivity index (χ3n) is 1.27. The smallest absolute Gasteiger partial charge is 1.00 e. The van der Waals surface area contributed by atoms with Gasteiger partial charge >= 0.3 is 41.0 Å². The second kappa shape index (κ2) is 9.85. The molecule has 0 aliphatic rings. The molecule has 0 saturated heterocycles. The molecule has 0 fully saturated rings. The number of aliphatic carboxylic acids is 1. The molecule has 0 spiro atoms. The van der Waals surface area contributed by atoms with Crippen molar-refractivity contribution in [3.8, 4) is 0 Å². The van der Waals surface area contributed by atoms with Crippen LogP contribution in [0.3, 0.4) is 0 Å². The van der Waals surface area contributed by atoms with Crippen LogP contribution in [0, 0.1) is 0 Å². The van der Waals surface area contributed by atoms with E-state index in [0.717, 1.165) is 6.08 Å². The first-order valence-corrected chi connectivity index (χ1v) is 4.34. The fourth-order valence-corrected chi connectivity index (χ4v) is 0.587. The summed E-state index contributed by atoms with van der Waals surface area (Å²) >= 11 is 0. The van der Waals surface area contributed by atoms with Gasteiger partial charge in [0.1, 0.15) is 13.2 Å². The molecule has 7 heteroatoms. The topological polar surface area (TPSA) is 89.9 Å². The molecular formula is C10H14MgO6. The van der Waals surface area contributed by atoms with E-state index in [0.29, 0.717) is 6.08 Å². The van der Waals surface area contributed by atoms with Gasteiger partial charge in [-0.2, -0.15) is 0 Å². The van der Waals surface area contributed by atoms with Gasteiger partial charge in [0.15, 0.2) is 0 Å². The van der Waals surface area contributed by atoms with Crippen LogP contribution >= 0.6 is 0 Å². The van der Waals surface area contributed by atoms with Crippen molar-refractivity contribution in [2.45, 2.75) is 6.92 Å². The van der Waals surface area contributed by atoms with E-state index in [4.69, 9.17) is 5.11 Å². The first-order chi connectivity index (χ1) is 7.43. The minimum Gasteiger partial charge on any atom is -1.00 e. The molecule has 0 aromatic rings. The summed E-state index contributed by atoms with van der Waals surface area (Å²) in [7, 11) is 0. The molecule has 17 heavy (non-hydrogen) atoms. The summed E-state index contributed by atoms with van der Waals surface area (Å²) in [5.41, 5.74) is 0.247. The third kappa shape index (κ3) is 10.9. The molecule has 0 aromatic carbocycles. The third-order valence-corrected chi connectivity index (χ3v) is 1.27. The summed E-state index contributed by atoms with van der Waals surface area (Å²) in [5.74, 6) is -2.63. The van der Waals surface area contributed by atoms with E-state index < -0.39 is 17.9 Å². The average Bonchev–Trinajstić information content (AvgIpc) is 2.20. The molecule has 0 saturated carbocycles. The molecule has 0 unspecified atom stereocenters. The maximum absolute atomic E-state index is 10.8. The van der Waals surface area contributed by atoms with Crippen molar-refractivity contribution in [3.63, 3.8) is 0 Å². The van der Waals surface area contributed by atoms with Gasteiger partial charge in [0.05, 0.1) is 0 Å². The maximum Gasteiger partial charge on any atom is 2.00 e. The monoisotopic (exact) mass is 254 g/mol. The zero-order chi connectivity index (χ0) is 12.6. The van der Waals surface area contributed by atoms with Gasteiger partial charge in [-0.25, -0.2) is 14.4 Å². The Labute approximate surface area is 117 Å². The first kappa shape index (κ1) is 18.0. The Balaban J connectivity index is -0.000000375. The van der Waals surface area contributed by atoms with Crippen molar-refractivity contribution in [2.75, 3.05) is 13.2 Å². The van der Waals surface area contributed by atoms with E-state index in [-0.39, 0.29) is 44.7 Å². The Kier molecular flexibility index (Phi) is 10.5. The average molecular weight is 255 g/mol. The zero-order valence-electron chi connectivity index (χ0n) is 11.5. The van der Waals surface area contributed by atoms with Crippen LogP contribution in [0.2, 0.25) is 0 Å². The molecule has 0 radical (unpaired) electrons. The van der Waals surface area contributed by atoms with Gasteiger partial charge in [-0.15, -0.1) is 0 Å². The Bertz CT molecular complexity index is 343. The zero-order valence-corrected chi connectivity index (χ0v) is 10.9. The molecule has 0 aliphatic heterocycles. The minimum absolute atomic E-state index is 0. The summed E-state index contributed by atoms with van der Waals surface area (Å²) in [6, 6.07) is 0. The van der Waals surface area contributed by atoms with Crippen molar-refractivity contribution >= 4 is 41.0 Å². The number of hydrogen-bond acceptors (Lipinski definition) is 5. The first-order valence-electron chi connectivity index (χ1n) is 4.34. The molecule has 6 nitrogen and oxygen atoms in total. The number of hydrogen-bond donors (Lipinski definition) is 1. The van der Waals surface area contributed by atoms with Crippen molar-refractivity contribution < 1.29 is 31.8 Å². The molecule has 92 valence electrons. The predicted molar refractivity (Wildman–Crippen MR) is 61.5 cm³/mol. The molecule has 0 atom stereocenters. The number of carbonyl (C=O) groups excluding carboxylic acids is 2. The number of carbonyl (C=O) groups is 3. The van der Waals surface area contributed by atoms with E-state index in [1.54, 1.807) is 0 Å².